The first-order valence-electron chi connectivity index (χ1n) is 12.0. The largest absolute Gasteiger partial charge is 0.490 e. The van der Waals surface area contributed by atoms with Crippen molar-refractivity contribution < 1.29 is 23.8 Å². The van der Waals surface area contributed by atoms with E-state index in [4.69, 9.17) is 19.2 Å². The van der Waals surface area contributed by atoms with Crippen LogP contribution in [0.1, 0.15) is 44.7 Å². The number of amidine groups is 1. The number of ether oxygens (including phenoxy) is 3. The second kappa shape index (κ2) is 13.7. The molecule has 2 aromatic carbocycles. The molecule has 0 radical (unpaired) electrons. The molecule has 0 spiro atoms. The number of unbranched alkanes of at least 4 members (excludes halogenated alkanes) is 1. The lowest BCUT2D eigenvalue weighted by molar-refractivity contribution is -0.145. The summed E-state index contributed by atoms with van der Waals surface area (Å²) in [6, 6.07) is 11.7. The fourth-order valence-electron chi connectivity index (χ4n) is 3.39. The molecule has 1 amide bonds. The molecule has 1 heterocycles. The summed E-state index contributed by atoms with van der Waals surface area (Å²) in [7, 11) is 0. The lowest BCUT2D eigenvalue weighted by Gasteiger charge is -2.15. The van der Waals surface area contributed by atoms with Crippen LogP contribution in [0.5, 0.6) is 11.5 Å². The van der Waals surface area contributed by atoms with Crippen LogP contribution in [0, 0.1) is 10.5 Å². The number of thioether (sulfide) groups is 1. The normalized spacial score (nSPS) is 15.6. The molecule has 1 aliphatic rings. The van der Waals surface area contributed by atoms with E-state index in [0.717, 1.165) is 33.2 Å². The van der Waals surface area contributed by atoms with E-state index in [0.29, 0.717) is 41.3 Å². The average Bonchev–Trinajstić information content (AvgIpc) is 3.12. The third kappa shape index (κ3) is 7.49. The summed E-state index contributed by atoms with van der Waals surface area (Å²) in [5, 5.41) is 0.678. The maximum absolute atomic E-state index is 13.3. The second-order valence-electron chi connectivity index (χ2n) is 8.01. The maximum atomic E-state index is 13.3. The Morgan fingerprint density at radius 1 is 1.11 bits per heavy atom. The Labute approximate surface area is 230 Å². The van der Waals surface area contributed by atoms with Crippen molar-refractivity contribution in [2.75, 3.05) is 26.4 Å². The molecule has 0 aromatic heterocycles. The van der Waals surface area contributed by atoms with E-state index >= 15 is 0 Å². The molecule has 0 atom stereocenters. The molecule has 1 fully saturated rings. The molecule has 0 N–H and O–H groups in total. The maximum Gasteiger partial charge on any atom is 0.344 e. The van der Waals surface area contributed by atoms with Gasteiger partial charge < -0.3 is 14.2 Å². The molecule has 1 saturated heterocycles. The van der Waals surface area contributed by atoms with Gasteiger partial charge in [0.2, 0.25) is 0 Å². The number of hydrogen-bond acceptors (Lipinski definition) is 7. The van der Waals surface area contributed by atoms with Crippen molar-refractivity contribution in [3.63, 3.8) is 0 Å². The summed E-state index contributed by atoms with van der Waals surface area (Å²) in [6.45, 7) is 8.89. The predicted molar refractivity (Wildman–Crippen MR) is 153 cm³/mol. The fraction of sp³-hybridized carbons (Fsp3) is 0.370. The van der Waals surface area contributed by atoms with Gasteiger partial charge in [0.1, 0.15) is 0 Å². The summed E-state index contributed by atoms with van der Waals surface area (Å²) in [5.74, 6) is 0.481. The lowest BCUT2D eigenvalue weighted by Crippen LogP contribution is -2.30. The third-order valence-electron chi connectivity index (χ3n) is 5.15. The Balaban J connectivity index is 1.91. The number of esters is 1. The minimum atomic E-state index is -0.442. The van der Waals surface area contributed by atoms with Crippen LogP contribution >= 0.6 is 34.4 Å². The summed E-state index contributed by atoms with van der Waals surface area (Å²) in [5.41, 5.74) is 2.77. The first kappa shape index (κ1) is 28.0. The number of nitrogens with zero attached hydrogens (tertiary/aromatic N) is 2. The molecule has 0 bridgehead atoms. The van der Waals surface area contributed by atoms with Crippen LogP contribution in [0.2, 0.25) is 0 Å². The van der Waals surface area contributed by atoms with E-state index in [1.807, 2.05) is 56.3 Å². The van der Waals surface area contributed by atoms with Crippen LogP contribution < -0.4 is 9.47 Å². The fourth-order valence-corrected chi connectivity index (χ4v) is 5.20. The highest BCUT2D eigenvalue weighted by Crippen LogP contribution is 2.38. The predicted octanol–water partition coefficient (Wildman–Crippen LogP) is 6.34. The summed E-state index contributed by atoms with van der Waals surface area (Å²) < 4.78 is 17.2. The first-order chi connectivity index (χ1) is 17.4. The van der Waals surface area contributed by atoms with Crippen molar-refractivity contribution in [3.8, 4) is 11.5 Å². The van der Waals surface area contributed by atoms with E-state index in [9.17, 15) is 9.59 Å². The summed E-state index contributed by atoms with van der Waals surface area (Å²) in [6.07, 6.45) is 3.73. The van der Waals surface area contributed by atoms with Gasteiger partial charge in [-0.15, -0.1) is 0 Å². The van der Waals surface area contributed by atoms with Gasteiger partial charge in [-0.3, -0.25) is 9.69 Å². The minimum absolute atomic E-state index is 0.0603. The zero-order valence-corrected chi connectivity index (χ0v) is 24.0. The quantitative estimate of drug-likeness (QED) is 0.165. The molecule has 0 saturated carbocycles. The van der Waals surface area contributed by atoms with Crippen molar-refractivity contribution in [2.24, 2.45) is 4.99 Å². The number of halogens is 1. The SMILES string of the molecule is CCCCN1C(=O)/C(=C\c2cc(I)c(OCC(=O)OCC)c(OCC)c2)SC1=Nc1ccc(C)cc1. The molecule has 9 heteroatoms. The zero-order valence-electron chi connectivity index (χ0n) is 21.0. The van der Waals surface area contributed by atoms with Crippen molar-refractivity contribution in [1.29, 1.82) is 0 Å². The second-order valence-corrected chi connectivity index (χ2v) is 10.2. The van der Waals surface area contributed by atoms with Crippen molar-refractivity contribution in [3.05, 3.63) is 56.0 Å². The molecule has 2 aromatic rings. The highest BCUT2D eigenvalue weighted by atomic mass is 127. The van der Waals surface area contributed by atoms with E-state index in [2.05, 4.69) is 29.5 Å². The van der Waals surface area contributed by atoms with Crippen LogP contribution in [0.15, 0.2) is 46.3 Å². The number of amides is 1. The lowest BCUT2D eigenvalue weighted by atomic mass is 10.1. The number of carbonyl (C=O) groups is 2. The van der Waals surface area contributed by atoms with Gasteiger partial charge in [-0.1, -0.05) is 31.0 Å². The van der Waals surface area contributed by atoms with E-state index in [1.54, 1.807) is 11.8 Å². The van der Waals surface area contributed by atoms with Crippen molar-refractivity contribution in [1.82, 2.24) is 4.90 Å². The Kier molecular flexibility index (Phi) is 10.7. The smallest absolute Gasteiger partial charge is 0.344 e. The highest BCUT2D eigenvalue weighted by Gasteiger charge is 2.33. The monoisotopic (exact) mass is 622 g/mol. The van der Waals surface area contributed by atoms with Gasteiger partial charge >= 0.3 is 5.97 Å². The topological polar surface area (TPSA) is 77.4 Å². The number of aliphatic imine (C=N–C) groups is 1. The number of rotatable bonds is 11. The molecular weight excluding hydrogens is 591 g/mol. The molecular formula is C27H31IN2O5S. The van der Waals surface area contributed by atoms with Crippen LogP contribution in [0.25, 0.3) is 6.08 Å². The molecule has 36 heavy (non-hydrogen) atoms. The van der Waals surface area contributed by atoms with Gasteiger partial charge in [0.15, 0.2) is 23.3 Å². The molecule has 7 nitrogen and oxygen atoms in total. The van der Waals surface area contributed by atoms with E-state index in [1.165, 1.54) is 11.8 Å². The van der Waals surface area contributed by atoms with Gasteiger partial charge in [-0.25, -0.2) is 9.79 Å². The number of benzene rings is 2. The minimum Gasteiger partial charge on any atom is -0.490 e. The molecule has 192 valence electrons. The Bertz CT molecular complexity index is 1150. The van der Waals surface area contributed by atoms with Gasteiger partial charge in [0.05, 0.1) is 27.4 Å². The summed E-state index contributed by atoms with van der Waals surface area (Å²) >= 11 is 3.52. The molecule has 3 rings (SSSR count). The van der Waals surface area contributed by atoms with E-state index in [-0.39, 0.29) is 12.5 Å². The van der Waals surface area contributed by atoms with Gasteiger partial charge in [-0.05, 0) is 97.4 Å². The Morgan fingerprint density at radius 3 is 2.53 bits per heavy atom. The zero-order chi connectivity index (χ0) is 26.1. The van der Waals surface area contributed by atoms with Crippen molar-refractivity contribution in [2.45, 2.75) is 40.5 Å². The van der Waals surface area contributed by atoms with Crippen LogP contribution in [0.4, 0.5) is 5.69 Å². The van der Waals surface area contributed by atoms with Gasteiger partial charge in [0, 0.05) is 6.54 Å². The highest BCUT2D eigenvalue weighted by molar-refractivity contribution is 14.1. The Morgan fingerprint density at radius 2 is 1.86 bits per heavy atom. The van der Waals surface area contributed by atoms with Gasteiger partial charge in [0.25, 0.3) is 5.91 Å². The first-order valence-corrected chi connectivity index (χ1v) is 13.9. The Hall–Kier alpha value is -2.53. The van der Waals surface area contributed by atoms with E-state index < -0.39 is 5.97 Å². The number of aryl methyl sites for hydroxylation is 1. The van der Waals surface area contributed by atoms with Crippen LogP contribution in [0.3, 0.4) is 0 Å². The molecule has 1 aliphatic heterocycles. The molecule has 0 aliphatic carbocycles. The average molecular weight is 623 g/mol. The number of hydrogen-bond donors (Lipinski definition) is 0. The summed E-state index contributed by atoms with van der Waals surface area (Å²) in [4.78, 5) is 32.2. The van der Waals surface area contributed by atoms with Crippen molar-refractivity contribution >= 4 is 63.2 Å². The standard InChI is InChI=1S/C27H31IN2O5S/c1-5-8-13-30-26(32)23(36-27(30)29-20-11-9-18(4)10-12-20)16-19-14-21(28)25(22(15-19)33-6-2)35-17-24(31)34-7-3/h9-12,14-16H,5-8,13,17H2,1-4H3/b23-16+,29-27?. The number of carbonyl (C=O) groups excluding carboxylic acids is 2. The molecule has 0 unspecified atom stereocenters. The third-order valence-corrected chi connectivity index (χ3v) is 6.96. The van der Waals surface area contributed by atoms with Gasteiger partial charge in [-0.2, -0.15) is 0 Å². The van der Waals surface area contributed by atoms with Crippen LogP contribution in [-0.2, 0) is 14.3 Å². The van der Waals surface area contributed by atoms with Crippen LogP contribution in [-0.4, -0.2) is 48.3 Å².